The average Bonchev–Trinajstić information content (AvgIpc) is 3.10. The number of nitrogens with zero attached hydrogens (tertiary/aromatic N) is 5. The highest BCUT2D eigenvalue weighted by Gasteiger charge is 2.37. The molecule has 166 valence electrons. The molecule has 1 aliphatic rings. The van der Waals surface area contributed by atoms with Gasteiger partial charge in [-0.05, 0) is 24.3 Å². The molecule has 1 N–H and O–H groups in total. The first-order valence-electron chi connectivity index (χ1n) is 9.26. The summed E-state index contributed by atoms with van der Waals surface area (Å²) in [6.45, 7) is 3.01. The van der Waals surface area contributed by atoms with Crippen molar-refractivity contribution < 1.29 is 17.9 Å². The van der Waals surface area contributed by atoms with Gasteiger partial charge in [-0.25, -0.2) is 0 Å². The third-order valence-electron chi connectivity index (χ3n) is 4.84. The molecule has 0 unspecified atom stereocenters. The van der Waals surface area contributed by atoms with Crippen molar-refractivity contribution in [3.05, 3.63) is 41.7 Å². The van der Waals surface area contributed by atoms with E-state index in [4.69, 9.17) is 4.74 Å². The van der Waals surface area contributed by atoms with Crippen LogP contribution in [0.25, 0.3) is 0 Å². The van der Waals surface area contributed by atoms with Gasteiger partial charge in [0.2, 0.25) is 0 Å². The highest BCUT2D eigenvalue weighted by atomic mass is 127. The Morgan fingerprint density at radius 2 is 1.80 bits per heavy atom. The van der Waals surface area contributed by atoms with Crippen molar-refractivity contribution in [3.8, 4) is 5.75 Å². The molecule has 2 aromatic rings. The summed E-state index contributed by atoms with van der Waals surface area (Å²) >= 11 is 0. The van der Waals surface area contributed by atoms with Crippen LogP contribution in [0.15, 0.2) is 35.5 Å². The number of aromatic nitrogens is 2. The summed E-state index contributed by atoms with van der Waals surface area (Å²) in [6.07, 6.45) is -3.10. The van der Waals surface area contributed by atoms with Gasteiger partial charge < -0.3 is 19.9 Å². The lowest BCUT2D eigenvalue weighted by Crippen LogP contribution is -2.52. The summed E-state index contributed by atoms with van der Waals surface area (Å²) in [7, 11) is 4.74. The van der Waals surface area contributed by atoms with E-state index >= 15 is 0 Å². The fraction of sp³-hybridized carbons (Fsp3) is 0.474. The number of anilines is 1. The Balaban J connectivity index is 0.00000320. The smallest absolute Gasteiger partial charge is 0.435 e. The molecule has 0 aliphatic carbocycles. The number of hydrogen-bond donors (Lipinski definition) is 1. The standard InChI is InChI=1S/C19H25F3N6O.HI/c1-23-18(24-12-14-13-26(2)25-17(14)19(20,21)22)28-10-8-27(9-11-28)15-4-6-16(29-3)7-5-15;/h4-7,13H,8-12H2,1-3H3,(H,23,24);1H. The van der Waals surface area contributed by atoms with Gasteiger partial charge in [0, 0.05) is 64.3 Å². The molecular weight excluding hydrogens is 512 g/mol. The molecule has 3 rings (SSSR count). The summed E-state index contributed by atoms with van der Waals surface area (Å²) in [5.74, 6) is 1.39. The number of piperazine rings is 1. The molecule has 1 aromatic carbocycles. The van der Waals surface area contributed by atoms with Crippen molar-refractivity contribution in [2.45, 2.75) is 12.7 Å². The first-order valence-corrected chi connectivity index (χ1v) is 9.26. The minimum Gasteiger partial charge on any atom is -0.497 e. The van der Waals surface area contributed by atoms with Crippen molar-refractivity contribution in [1.82, 2.24) is 20.0 Å². The van der Waals surface area contributed by atoms with Gasteiger partial charge in [-0.3, -0.25) is 9.67 Å². The summed E-state index contributed by atoms with van der Waals surface area (Å²) in [5, 5.41) is 6.58. The highest BCUT2D eigenvalue weighted by molar-refractivity contribution is 14.0. The number of halogens is 4. The van der Waals surface area contributed by atoms with Crippen LogP contribution in [0.3, 0.4) is 0 Å². The molecule has 1 aliphatic heterocycles. The molecule has 0 bridgehead atoms. The zero-order valence-electron chi connectivity index (χ0n) is 17.1. The molecule has 0 saturated carbocycles. The number of guanidine groups is 1. The number of ether oxygens (including phenoxy) is 1. The van der Waals surface area contributed by atoms with Crippen LogP contribution in [-0.4, -0.2) is 61.0 Å². The molecule has 0 spiro atoms. The number of methoxy groups -OCH3 is 1. The quantitative estimate of drug-likeness (QED) is 0.369. The number of alkyl halides is 3. The lowest BCUT2D eigenvalue weighted by atomic mass is 10.2. The topological polar surface area (TPSA) is 57.9 Å². The molecule has 0 atom stereocenters. The SMILES string of the molecule is CN=C(NCc1cn(C)nc1C(F)(F)F)N1CCN(c2ccc(OC)cc2)CC1.I. The average molecular weight is 538 g/mol. The zero-order valence-corrected chi connectivity index (χ0v) is 19.4. The van der Waals surface area contributed by atoms with Gasteiger partial charge in [-0.2, -0.15) is 18.3 Å². The zero-order chi connectivity index (χ0) is 21.0. The Labute approximate surface area is 190 Å². The minimum atomic E-state index is -4.48. The minimum absolute atomic E-state index is 0. The van der Waals surface area contributed by atoms with Crippen LogP contribution in [0.5, 0.6) is 5.75 Å². The monoisotopic (exact) mass is 538 g/mol. The predicted molar refractivity (Wildman–Crippen MR) is 121 cm³/mol. The second kappa shape index (κ2) is 10.2. The maximum absolute atomic E-state index is 13.1. The largest absolute Gasteiger partial charge is 0.497 e. The number of aryl methyl sites for hydroxylation is 1. The third kappa shape index (κ3) is 5.70. The molecule has 2 heterocycles. The molecule has 11 heteroatoms. The van der Waals surface area contributed by atoms with Crippen LogP contribution in [-0.2, 0) is 19.8 Å². The van der Waals surface area contributed by atoms with Crippen LogP contribution >= 0.6 is 24.0 Å². The van der Waals surface area contributed by atoms with E-state index in [9.17, 15) is 13.2 Å². The molecule has 30 heavy (non-hydrogen) atoms. The summed E-state index contributed by atoms with van der Waals surface area (Å²) in [5.41, 5.74) is 0.337. The van der Waals surface area contributed by atoms with Gasteiger partial charge in [-0.1, -0.05) is 0 Å². The van der Waals surface area contributed by atoms with E-state index in [0.29, 0.717) is 19.0 Å². The molecule has 0 radical (unpaired) electrons. The van der Waals surface area contributed by atoms with Gasteiger partial charge in [-0.15, -0.1) is 24.0 Å². The summed E-state index contributed by atoms with van der Waals surface area (Å²) in [6, 6.07) is 7.88. The van der Waals surface area contributed by atoms with Crippen molar-refractivity contribution in [2.24, 2.45) is 12.0 Å². The fourth-order valence-corrected chi connectivity index (χ4v) is 3.38. The second-order valence-corrected chi connectivity index (χ2v) is 6.75. The van der Waals surface area contributed by atoms with Crippen LogP contribution in [0.2, 0.25) is 0 Å². The maximum atomic E-state index is 13.1. The number of nitrogens with one attached hydrogen (secondary N) is 1. The van der Waals surface area contributed by atoms with Crippen LogP contribution in [0.1, 0.15) is 11.3 Å². The lowest BCUT2D eigenvalue weighted by Gasteiger charge is -2.37. The first kappa shape index (κ1) is 24.1. The van der Waals surface area contributed by atoms with E-state index in [0.717, 1.165) is 24.5 Å². The van der Waals surface area contributed by atoms with Crippen molar-refractivity contribution in [1.29, 1.82) is 0 Å². The van der Waals surface area contributed by atoms with Gasteiger partial charge in [0.05, 0.1) is 7.11 Å². The van der Waals surface area contributed by atoms with Crippen molar-refractivity contribution in [3.63, 3.8) is 0 Å². The van der Waals surface area contributed by atoms with E-state index in [-0.39, 0.29) is 36.1 Å². The van der Waals surface area contributed by atoms with Crippen molar-refractivity contribution >= 4 is 35.6 Å². The Bertz CT molecular complexity index is 845. The predicted octanol–water partition coefficient (Wildman–Crippen LogP) is 2.96. The van der Waals surface area contributed by atoms with E-state index in [2.05, 4.69) is 20.3 Å². The van der Waals surface area contributed by atoms with E-state index in [1.165, 1.54) is 17.9 Å². The van der Waals surface area contributed by atoms with E-state index in [1.54, 1.807) is 14.2 Å². The van der Waals surface area contributed by atoms with E-state index < -0.39 is 11.9 Å². The Hall–Kier alpha value is -2.18. The molecule has 1 aromatic heterocycles. The number of hydrogen-bond acceptors (Lipinski definition) is 4. The van der Waals surface area contributed by atoms with Crippen LogP contribution in [0, 0.1) is 0 Å². The molecule has 7 nitrogen and oxygen atoms in total. The lowest BCUT2D eigenvalue weighted by molar-refractivity contribution is -0.142. The van der Waals surface area contributed by atoms with Crippen LogP contribution < -0.4 is 15.0 Å². The van der Waals surface area contributed by atoms with Gasteiger partial charge in [0.15, 0.2) is 11.7 Å². The summed E-state index contributed by atoms with van der Waals surface area (Å²) in [4.78, 5) is 8.54. The normalized spacial score (nSPS) is 15.1. The fourth-order valence-electron chi connectivity index (χ4n) is 3.38. The molecular formula is C19H26F3IN6O. The molecule has 1 saturated heterocycles. The van der Waals surface area contributed by atoms with Gasteiger partial charge in [0.25, 0.3) is 0 Å². The Kier molecular flexibility index (Phi) is 8.21. The molecule has 1 fully saturated rings. The number of aliphatic imine (C=N–C) groups is 1. The second-order valence-electron chi connectivity index (χ2n) is 6.75. The Morgan fingerprint density at radius 3 is 2.33 bits per heavy atom. The van der Waals surface area contributed by atoms with Crippen molar-refractivity contribution in [2.75, 3.05) is 45.2 Å². The Morgan fingerprint density at radius 1 is 1.17 bits per heavy atom. The highest BCUT2D eigenvalue weighted by Crippen LogP contribution is 2.30. The van der Waals surface area contributed by atoms with Gasteiger partial charge >= 0.3 is 6.18 Å². The maximum Gasteiger partial charge on any atom is 0.435 e. The third-order valence-corrected chi connectivity index (χ3v) is 4.84. The van der Waals surface area contributed by atoms with E-state index in [1.807, 2.05) is 29.2 Å². The summed E-state index contributed by atoms with van der Waals surface area (Å²) < 4.78 is 45.7. The first-order chi connectivity index (χ1) is 13.8. The van der Waals surface area contributed by atoms with Gasteiger partial charge in [0.1, 0.15) is 5.75 Å². The number of rotatable bonds is 4. The number of benzene rings is 1. The van der Waals surface area contributed by atoms with Crippen LogP contribution in [0.4, 0.5) is 18.9 Å². The molecule has 0 amide bonds.